The number of anilines is 2. The van der Waals surface area contributed by atoms with E-state index >= 15 is 0 Å². The van der Waals surface area contributed by atoms with Crippen molar-refractivity contribution >= 4 is 52.0 Å². The summed E-state index contributed by atoms with van der Waals surface area (Å²) in [6.07, 6.45) is 0.408. The normalized spacial score (nSPS) is 11.5. The molecule has 1 unspecified atom stereocenters. The van der Waals surface area contributed by atoms with Crippen LogP contribution in [0.15, 0.2) is 60.0 Å². The third-order valence-corrected chi connectivity index (χ3v) is 5.78. The highest BCUT2D eigenvalue weighted by Crippen LogP contribution is 2.25. The first kappa shape index (κ1) is 22.5. The lowest BCUT2D eigenvalue weighted by Crippen LogP contribution is -2.26. The van der Waals surface area contributed by atoms with Gasteiger partial charge < -0.3 is 16.0 Å². The van der Waals surface area contributed by atoms with Crippen LogP contribution in [0.3, 0.4) is 0 Å². The summed E-state index contributed by atoms with van der Waals surface area (Å²) in [5.74, 6) is -0.629. The van der Waals surface area contributed by atoms with Crippen molar-refractivity contribution in [2.24, 2.45) is 0 Å². The number of hydrogen-bond acceptors (Lipinski definition) is 4. The van der Waals surface area contributed by atoms with Crippen LogP contribution < -0.4 is 16.0 Å². The molecule has 8 heteroatoms. The Morgan fingerprint density at radius 1 is 1.00 bits per heavy atom. The van der Waals surface area contributed by atoms with Crippen molar-refractivity contribution in [2.75, 3.05) is 10.6 Å². The molecule has 31 heavy (non-hydrogen) atoms. The molecule has 6 nitrogen and oxygen atoms in total. The van der Waals surface area contributed by atoms with Crippen LogP contribution in [0.5, 0.6) is 0 Å². The summed E-state index contributed by atoms with van der Waals surface area (Å²) in [4.78, 5) is 37.1. The highest BCUT2D eigenvalue weighted by atomic mass is 35.5. The molecule has 0 aliphatic carbocycles. The van der Waals surface area contributed by atoms with E-state index in [0.29, 0.717) is 33.3 Å². The second kappa shape index (κ2) is 10.2. The van der Waals surface area contributed by atoms with Gasteiger partial charge in [-0.1, -0.05) is 36.7 Å². The van der Waals surface area contributed by atoms with E-state index in [9.17, 15) is 14.4 Å². The molecule has 1 heterocycles. The molecule has 0 saturated heterocycles. The van der Waals surface area contributed by atoms with Crippen LogP contribution in [0.4, 0.5) is 11.4 Å². The van der Waals surface area contributed by atoms with Gasteiger partial charge >= 0.3 is 0 Å². The van der Waals surface area contributed by atoms with Crippen molar-refractivity contribution in [1.29, 1.82) is 0 Å². The van der Waals surface area contributed by atoms with Crippen LogP contribution in [0.2, 0.25) is 5.02 Å². The number of carbonyl (C=O) groups is 3. The second-order valence-electron chi connectivity index (χ2n) is 6.84. The van der Waals surface area contributed by atoms with E-state index in [-0.39, 0.29) is 23.8 Å². The first-order valence-corrected chi connectivity index (χ1v) is 11.0. The number of hydrogen-bond donors (Lipinski definition) is 3. The van der Waals surface area contributed by atoms with Gasteiger partial charge in [-0.15, -0.1) is 11.3 Å². The van der Waals surface area contributed by atoms with Gasteiger partial charge in [-0.2, -0.15) is 0 Å². The van der Waals surface area contributed by atoms with Gasteiger partial charge in [0.1, 0.15) is 0 Å². The topological polar surface area (TPSA) is 87.3 Å². The van der Waals surface area contributed by atoms with Crippen molar-refractivity contribution < 1.29 is 14.4 Å². The average molecular weight is 456 g/mol. The van der Waals surface area contributed by atoms with E-state index in [1.54, 1.807) is 49.4 Å². The molecule has 0 fully saturated rings. The van der Waals surface area contributed by atoms with Gasteiger partial charge in [0.2, 0.25) is 5.91 Å². The molecule has 0 aliphatic rings. The Morgan fingerprint density at radius 2 is 1.74 bits per heavy atom. The molecule has 3 N–H and O–H groups in total. The Labute approximate surface area is 189 Å². The predicted octanol–water partition coefficient (Wildman–Crippen LogP) is 5.49. The standard InChI is InChI=1S/C23H22ClN3O3S/c1-3-21(28)26-17-9-6-15(7-10-17)14(2)25-22(29)16-8-11-18(24)19(13-16)27-23(30)20-5-4-12-31-20/h4-14H,3H2,1-2H3,(H,25,29)(H,26,28)(H,27,30). The van der Waals surface area contributed by atoms with Gasteiger partial charge in [-0.3, -0.25) is 14.4 Å². The summed E-state index contributed by atoms with van der Waals surface area (Å²) in [5.41, 5.74) is 2.35. The molecule has 2 aromatic carbocycles. The molecule has 0 spiro atoms. The maximum atomic E-state index is 12.7. The van der Waals surface area contributed by atoms with E-state index in [1.165, 1.54) is 11.3 Å². The molecule has 0 saturated carbocycles. The van der Waals surface area contributed by atoms with Crippen LogP contribution in [0, 0.1) is 0 Å². The summed E-state index contributed by atoms with van der Waals surface area (Å²) in [5, 5.41) is 10.6. The summed E-state index contributed by atoms with van der Waals surface area (Å²) < 4.78 is 0. The van der Waals surface area contributed by atoms with Gasteiger partial charge in [-0.25, -0.2) is 0 Å². The van der Waals surface area contributed by atoms with Crippen LogP contribution >= 0.6 is 22.9 Å². The highest BCUT2D eigenvalue weighted by Gasteiger charge is 2.15. The van der Waals surface area contributed by atoms with Crippen molar-refractivity contribution in [3.05, 3.63) is 81.0 Å². The molecule has 1 aromatic heterocycles. The summed E-state index contributed by atoms with van der Waals surface area (Å²) in [7, 11) is 0. The van der Waals surface area contributed by atoms with E-state index in [0.717, 1.165) is 5.56 Å². The second-order valence-corrected chi connectivity index (χ2v) is 8.20. The lowest BCUT2D eigenvalue weighted by Gasteiger charge is -2.16. The van der Waals surface area contributed by atoms with Crippen LogP contribution in [0.1, 0.15) is 51.9 Å². The fourth-order valence-corrected chi connectivity index (χ4v) is 3.61. The highest BCUT2D eigenvalue weighted by molar-refractivity contribution is 7.12. The van der Waals surface area contributed by atoms with E-state index < -0.39 is 0 Å². The SMILES string of the molecule is CCC(=O)Nc1ccc(C(C)NC(=O)c2ccc(Cl)c(NC(=O)c3cccs3)c2)cc1. The number of amides is 3. The predicted molar refractivity (Wildman–Crippen MR) is 125 cm³/mol. The molecular formula is C23H22ClN3O3S. The number of nitrogens with one attached hydrogen (secondary N) is 3. The molecule has 160 valence electrons. The van der Waals surface area contributed by atoms with Gasteiger partial charge in [0.05, 0.1) is 21.6 Å². The van der Waals surface area contributed by atoms with Crippen LogP contribution in [-0.4, -0.2) is 17.7 Å². The zero-order valence-corrected chi connectivity index (χ0v) is 18.6. The lowest BCUT2D eigenvalue weighted by atomic mass is 10.1. The summed E-state index contributed by atoms with van der Waals surface area (Å²) >= 11 is 7.52. The lowest BCUT2D eigenvalue weighted by molar-refractivity contribution is -0.115. The van der Waals surface area contributed by atoms with Gasteiger partial charge in [0.25, 0.3) is 11.8 Å². The number of carbonyl (C=O) groups excluding carboxylic acids is 3. The minimum atomic E-state index is -0.292. The van der Waals surface area contributed by atoms with Gasteiger partial charge in [0, 0.05) is 17.7 Å². The van der Waals surface area contributed by atoms with Crippen LogP contribution in [0.25, 0.3) is 0 Å². The molecule has 0 radical (unpaired) electrons. The average Bonchev–Trinajstić information content (AvgIpc) is 3.30. The molecule has 1 atom stereocenters. The number of thiophene rings is 1. The Morgan fingerprint density at radius 3 is 2.39 bits per heavy atom. The third kappa shape index (κ3) is 5.93. The fraction of sp³-hybridized carbons (Fsp3) is 0.174. The number of rotatable bonds is 7. The monoisotopic (exact) mass is 455 g/mol. The Hall–Kier alpha value is -3.16. The molecule has 0 aliphatic heterocycles. The van der Waals surface area contributed by atoms with Crippen molar-refractivity contribution in [3.63, 3.8) is 0 Å². The largest absolute Gasteiger partial charge is 0.346 e. The Balaban J connectivity index is 1.67. The molecule has 3 amide bonds. The zero-order valence-electron chi connectivity index (χ0n) is 17.1. The van der Waals surface area contributed by atoms with Gasteiger partial charge in [-0.05, 0) is 54.3 Å². The Bertz CT molecular complexity index is 1080. The van der Waals surface area contributed by atoms with E-state index in [1.807, 2.05) is 24.4 Å². The van der Waals surface area contributed by atoms with Crippen molar-refractivity contribution in [1.82, 2.24) is 5.32 Å². The first-order valence-electron chi connectivity index (χ1n) is 9.72. The molecule has 0 bridgehead atoms. The minimum Gasteiger partial charge on any atom is -0.346 e. The quantitative estimate of drug-likeness (QED) is 0.440. The van der Waals surface area contributed by atoms with Crippen LogP contribution in [-0.2, 0) is 4.79 Å². The van der Waals surface area contributed by atoms with Crippen molar-refractivity contribution in [3.8, 4) is 0 Å². The van der Waals surface area contributed by atoms with E-state index in [2.05, 4.69) is 16.0 Å². The maximum Gasteiger partial charge on any atom is 0.265 e. The third-order valence-electron chi connectivity index (χ3n) is 4.58. The Kier molecular flexibility index (Phi) is 7.44. The minimum absolute atomic E-state index is 0.0567. The van der Waals surface area contributed by atoms with E-state index in [4.69, 9.17) is 11.6 Å². The van der Waals surface area contributed by atoms with Crippen molar-refractivity contribution in [2.45, 2.75) is 26.3 Å². The summed E-state index contributed by atoms with van der Waals surface area (Å²) in [6.45, 7) is 3.66. The maximum absolute atomic E-state index is 12.7. The fourth-order valence-electron chi connectivity index (χ4n) is 2.82. The summed E-state index contributed by atoms with van der Waals surface area (Å²) in [6, 6.07) is 15.3. The first-order chi connectivity index (χ1) is 14.9. The number of halogens is 1. The smallest absolute Gasteiger partial charge is 0.265 e. The molecule has 3 rings (SSSR count). The molecular weight excluding hydrogens is 434 g/mol. The number of benzene rings is 2. The van der Waals surface area contributed by atoms with Gasteiger partial charge in [0.15, 0.2) is 0 Å². The zero-order chi connectivity index (χ0) is 22.4. The molecule has 3 aromatic rings.